The van der Waals surface area contributed by atoms with Crippen molar-refractivity contribution in [3.8, 4) is 0 Å². The first kappa shape index (κ1) is 13.6. The molecule has 0 aromatic carbocycles. The first-order valence-electron chi connectivity index (χ1n) is 5.95. The Morgan fingerprint density at radius 1 is 1.32 bits per heavy atom. The Labute approximate surface area is 108 Å². The highest BCUT2D eigenvalue weighted by atomic mass is 19.4. The molecule has 1 amide bonds. The van der Waals surface area contributed by atoms with Crippen molar-refractivity contribution in [1.82, 2.24) is 4.98 Å². The maximum absolute atomic E-state index is 12.4. The largest absolute Gasteiger partial charge is 0.433 e. The zero-order valence-electron chi connectivity index (χ0n) is 10.2. The number of alkyl halides is 3. The molecule has 0 aliphatic carbocycles. The Hall–Kier alpha value is -1.79. The lowest BCUT2D eigenvalue weighted by Crippen LogP contribution is -2.38. The summed E-state index contributed by atoms with van der Waals surface area (Å²) in [5.41, 5.74) is 4.96. The van der Waals surface area contributed by atoms with Crippen LogP contribution in [0.2, 0.25) is 0 Å². The highest BCUT2D eigenvalue weighted by molar-refractivity contribution is 5.77. The highest BCUT2D eigenvalue weighted by Gasteiger charge is 2.32. The number of amides is 1. The van der Waals surface area contributed by atoms with Crippen LogP contribution in [-0.2, 0) is 11.0 Å². The number of piperidine rings is 1. The number of hydrogen-bond donors (Lipinski definition) is 1. The molecule has 19 heavy (non-hydrogen) atoms. The van der Waals surface area contributed by atoms with Crippen LogP contribution in [-0.4, -0.2) is 24.0 Å². The summed E-state index contributed by atoms with van der Waals surface area (Å²) in [6.45, 7) is 1.20. The van der Waals surface area contributed by atoms with Crippen molar-refractivity contribution in [3.63, 3.8) is 0 Å². The Kier molecular flexibility index (Phi) is 3.64. The topological polar surface area (TPSA) is 59.2 Å². The highest BCUT2D eigenvalue weighted by Crippen LogP contribution is 2.29. The lowest BCUT2D eigenvalue weighted by atomic mass is 9.96. The number of nitrogens with zero attached hydrogens (tertiary/aromatic N) is 2. The minimum atomic E-state index is -4.42. The van der Waals surface area contributed by atoms with Gasteiger partial charge in [-0.1, -0.05) is 0 Å². The molecule has 0 atom stereocenters. The van der Waals surface area contributed by atoms with Crippen molar-refractivity contribution < 1.29 is 18.0 Å². The zero-order chi connectivity index (χ0) is 14.0. The fourth-order valence-corrected chi connectivity index (χ4v) is 2.16. The van der Waals surface area contributed by atoms with E-state index < -0.39 is 11.9 Å². The predicted molar refractivity (Wildman–Crippen MR) is 63.4 cm³/mol. The first-order valence-corrected chi connectivity index (χ1v) is 5.95. The molecular weight excluding hydrogens is 259 g/mol. The van der Waals surface area contributed by atoms with Gasteiger partial charge in [0.05, 0.1) is 11.9 Å². The van der Waals surface area contributed by atoms with Crippen LogP contribution in [0.25, 0.3) is 0 Å². The van der Waals surface area contributed by atoms with E-state index in [0.29, 0.717) is 31.6 Å². The molecule has 1 fully saturated rings. The Bertz CT molecular complexity index is 450. The van der Waals surface area contributed by atoms with E-state index in [2.05, 4.69) is 4.98 Å². The quantitative estimate of drug-likeness (QED) is 0.894. The fraction of sp³-hybridized carbons (Fsp3) is 0.500. The van der Waals surface area contributed by atoms with Crippen LogP contribution in [0.1, 0.15) is 18.5 Å². The maximum Gasteiger partial charge on any atom is 0.433 e. The van der Waals surface area contributed by atoms with Crippen LogP contribution in [0.3, 0.4) is 0 Å². The monoisotopic (exact) mass is 273 g/mol. The summed E-state index contributed by atoms with van der Waals surface area (Å²) >= 11 is 0. The van der Waals surface area contributed by atoms with Gasteiger partial charge in [0, 0.05) is 19.0 Å². The SMILES string of the molecule is NC(=O)C1CCN(c2ccc(C(F)(F)F)nc2)CC1. The maximum atomic E-state index is 12.4. The van der Waals surface area contributed by atoms with Crippen molar-refractivity contribution in [1.29, 1.82) is 0 Å². The molecule has 0 spiro atoms. The molecule has 0 saturated carbocycles. The second-order valence-corrected chi connectivity index (χ2v) is 4.56. The van der Waals surface area contributed by atoms with Crippen molar-refractivity contribution in [2.45, 2.75) is 19.0 Å². The normalized spacial score (nSPS) is 17.5. The molecule has 0 radical (unpaired) electrons. The molecular formula is C12H14F3N3O. The summed E-state index contributed by atoms with van der Waals surface area (Å²) in [7, 11) is 0. The molecule has 7 heteroatoms. The summed E-state index contributed by atoms with van der Waals surface area (Å²) in [5.74, 6) is -0.455. The van der Waals surface area contributed by atoms with E-state index in [1.54, 1.807) is 0 Å². The third kappa shape index (κ3) is 3.15. The number of anilines is 1. The third-order valence-corrected chi connectivity index (χ3v) is 3.30. The molecule has 2 N–H and O–H groups in total. The van der Waals surface area contributed by atoms with Gasteiger partial charge in [-0.3, -0.25) is 4.79 Å². The fourth-order valence-electron chi connectivity index (χ4n) is 2.16. The van der Waals surface area contributed by atoms with Crippen molar-refractivity contribution in [2.24, 2.45) is 11.7 Å². The summed E-state index contributed by atoms with van der Waals surface area (Å²) < 4.78 is 37.1. The molecule has 1 saturated heterocycles. The number of nitrogens with two attached hydrogens (primary N) is 1. The Morgan fingerprint density at radius 3 is 2.37 bits per heavy atom. The van der Waals surface area contributed by atoms with Gasteiger partial charge < -0.3 is 10.6 Å². The number of rotatable bonds is 2. The number of pyridine rings is 1. The average Bonchev–Trinajstić information content (AvgIpc) is 2.38. The summed E-state index contributed by atoms with van der Waals surface area (Å²) in [6.07, 6.45) is -1.96. The number of carbonyl (C=O) groups is 1. The smallest absolute Gasteiger partial charge is 0.370 e. The Balaban J connectivity index is 2.02. The molecule has 2 heterocycles. The molecule has 1 aliphatic heterocycles. The third-order valence-electron chi connectivity index (χ3n) is 3.30. The van der Waals surface area contributed by atoms with Crippen LogP contribution in [0.15, 0.2) is 18.3 Å². The van der Waals surface area contributed by atoms with Gasteiger partial charge in [-0.25, -0.2) is 4.98 Å². The molecule has 1 aromatic rings. The van der Waals surface area contributed by atoms with Gasteiger partial charge in [0.1, 0.15) is 5.69 Å². The average molecular weight is 273 g/mol. The lowest BCUT2D eigenvalue weighted by Gasteiger charge is -2.32. The van der Waals surface area contributed by atoms with Gasteiger partial charge in [0.15, 0.2) is 0 Å². The second kappa shape index (κ2) is 5.07. The molecule has 0 bridgehead atoms. The van der Waals surface area contributed by atoms with Gasteiger partial charge in [0.25, 0.3) is 0 Å². The van der Waals surface area contributed by atoms with Crippen LogP contribution < -0.4 is 10.6 Å². The summed E-state index contributed by atoms with van der Waals surface area (Å²) in [5, 5.41) is 0. The number of halogens is 3. The molecule has 2 rings (SSSR count). The van der Waals surface area contributed by atoms with Crippen molar-refractivity contribution in [2.75, 3.05) is 18.0 Å². The van der Waals surface area contributed by atoms with Gasteiger partial charge in [-0.05, 0) is 25.0 Å². The minimum absolute atomic E-state index is 0.140. The van der Waals surface area contributed by atoms with E-state index in [0.717, 1.165) is 6.07 Å². The molecule has 4 nitrogen and oxygen atoms in total. The number of hydrogen-bond acceptors (Lipinski definition) is 3. The van der Waals surface area contributed by atoms with Crippen LogP contribution in [0, 0.1) is 5.92 Å². The zero-order valence-corrected chi connectivity index (χ0v) is 10.2. The van der Waals surface area contributed by atoms with Gasteiger partial charge in [-0.2, -0.15) is 13.2 Å². The lowest BCUT2D eigenvalue weighted by molar-refractivity contribution is -0.141. The molecule has 0 unspecified atom stereocenters. The number of aromatic nitrogens is 1. The molecule has 1 aromatic heterocycles. The van der Waals surface area contributed by atoms with E-state index in [1.165, 1.54) is 12.3 Å². The van der Waals surface area contributed by atoms with Gasteiger partial charge in [0.2, 0.25) is 5.91 Å². The number of carbonyl (C=O) groups excluding carboxylic acids is 1. The Morgan fingerprint density at radius 2 is 1.95 bits per heavy atom. The van der Waals surface area contributed by atoms with E-state index in [4.69, 9.17) is 5.73 Å². The van der Waals surface area contributed by atoms with Crippen molar-refractivity contribution >= 4 is 11.6 Å². The standard InChI is InChI=1S/C12H14F3N3O/c13-12(14,15)10-2-1-9(7-17-10)18-5-3-8(4-6-18)11(16)19/h1-2,7-8H,3-6H2,(H2,16,19). The van der Waals surface area contributed by atoms with E-state index >= 15 is 0 Å². The minimum Gasteiger partial charge on any atom is -0.370 e. The van der Waals surface area contributed by atoms with Crippen LogP contribution in [0.5, 0.6) is 0 Å². The number of primary amides is 1. The van der Waals surface area contributed by atoms with E-state index in [1.807, 2.05) is 4.90 Å². The van der Waals surface area contributed by atoms with E-state index in [9.17, 15) is 18.0 Å². The summed E-state index contributed by atoms with van der Waals surface area (Å²) in [4.78, 5) is 16.3. The van der Waals surface area contributed by atoms with Crippen LogP contribution in [0.4, 0.5) is 18.9 Å². The van der Waals surface area contributed by atoms with Crippen molar-refractivity contribution in [3.05, 3.63) is 24.0 Å². The van der Waals surface area contributed by atoms with Crippen LogP contribution >= 0.6 is 0 Å². The predicted octanol–water partition coefficient (Wildman–Crippen LogP) is 1.80. The molecule has 1 aliphatic rings. The van der Waals surface area contributed by atoms with Gasteiger partial charge in [-0.15, -0.1) is 0 Å². The first-order chi connectivity index (χ1) is 8.88. The second-order valence-electron chi connectivity index (χ2n) is 4.56. The van der Waals surface area contributed by atoms with Gasteiger partial charge >= 0.3 is 6.18 Å². The van der Waals surface area contributed by atoms with E-state index in [-0.39, 0.29) is 11.8 Å². The molecule has 104 valence electrons. The summed E-state index contributed by atoms with van der Waals surface area (Å²) in [6, 6.07) is 2.37.